The van der Waals surface area contributed by atoms with Gasteiger partial charge in [-0.3, -0.25) is 0 Å². The molecule has 13 heavy (non-hydrogen) atoms. The number of fused-ring (bicyclic) bond motifs is 1. The van der Waals surface area contributed by atoms with Crippen LogP contribution in [-0.2, 0) is 0 Å². The maximum atomic E-state index is 2.41. The Hall–Kier alpha value is 0. The van der Waals surface area contributed by atoms with E-state index in [1.807, 2.05) is 0 Å². The molecule has 0 amide bonds. The van der Waals surface area contributed by atoms with Crippen LogP contribution in [0.1, 0.15) is 58.8 Å². The van der Waals surface area contributed by atoms with Crippen molar-refractivity contribution in [1.82, 2.24) is 0 Å². The van der Waals surface area contributed by atoms with Gasteiger partial charge in [-0.15, -0.1) is 0 Å². The van der Waals surface area contributed by atoms with Gasteiger partial charge in [0, 0.05) is 0 Å². The van der Waals surface area contributed by atoms with Gasteiger partial charge in [-0.2, -0.15) is 0 Å². The highest BCUT2D eigenvalue weighted by molar-refractivity contribution is 4.83. The zero-order chi connectivity index (χ0) is 9.26. The third kappa shape index (κ3) is 2.08. The molecular formula is C13H24. The molecule has 0 spiro atoms. The van der Waals surface area contributed by atoms with Gasteiger partial charge in [0.2, 0.25) is 0 Å². The van der Waals surface area contributed by atoms with E-state index in [4.69, 9.17) is 0 Å². The molecule has 2 fully saturated rings. The zero-order valence-electron chi connectivity index (χ0n) is 9.26. The maximum Gasteiger partial charge on any atom is -0.0383 e. The van der Waals surface area contributed by atoms with Gasteiger partial charge in [0.1, 0.15) is 0 Å². The fraction of sp³-hybridized carbons (Fsp3) is 1.00. The van der Waals surface area contributed by atoms with Crippen molar-refractivity contribution in [3.05, 3.63) is 0 Å². The van der Waals surface area contributed by atoms with Gasteiger partial charge in [-0.25, -0.2) is 0 Å². The quantitative estimate of drug-likeness (QED) is 0.566. The first kappa shape index (κ1) is 9.55. The van der Waals surface area contributed by atoms with Gasteiger partial charge < -0.3 is 0 Å². The molecule has 0 saturated heterocycles. The second-order valence-corrected chi connectivity index (χ2v) is 5.62. The Labute approximate surface area is 83.1 Å². The summed E-state index contributed by atoms with van der Waals surface area (Å²) in [6.45, 7) is 4.82. The van der Waals surface area contributed by atoms with Crippen molar-refractivity contribution in [2.24, 2.45) is 23.7 Å². The summed E-state index contributed by atoms with van der Waals surface area (Å²) in [6.07, 6.45) is 10.8. The summed E-state index contributed by atoms with van der Waals surface area (Å²) in [5.74, 6) is 4.24. The molecule has 2 rings (SSSR count). The molecule has 0 radical (unpaired) electrons. The first-order valence-electron chi connectivity index (χ1n) is 6.27. The lowest BCUT2D eigenvalue weighted by Gasteiger charge is -2.40. The second-order valence-electron chi connectivity index (χ2n) is 5.62. The number of rotatable bonds is 1. The van der Waals surface area contributed by atoms with Crippen molar-refractivity contribution in [2.45, 2.75) is 58.8 Å². The van der Waals surface area contributed by atoms with Crippen molar-refractivity contribution < 1.29 is 0 Å². The predicted molar refractivity (Wildman–Crippen MR) is 57.6 cm³/mol. The van der Waals surface area contributed by atoms with Crippen LogP contribution in [0.3, 0.4) is 0 Å². The van der Waals surface area contributed by atoms with Gasteiger partial charge in [-0.1, -0.05) is 39.5 Å². The highest BCUT2D eigenvalue weighted by Crippen LogP contribution is 2.44. The summed E-state index contributed by atoms with van der Waals surface area (Å²) in [5, 5.41) is 0. The average molecular weight is 180 g/mol. The van der Waals surface area contributed by atoms with E-state index in [9.17, 15) is 0 Å². The Morgan fingerprint density at radius 1 is 0.846 bits per heavy atom. The third-order valence-corrected chi connectivity index (χ3v) is 4.52. The van der Waals surface area contributed by atoms with Gasteiger partial charge in [0.05, 0.1) is 0 Å². The van der Waals surface area contributed by atoms with Crippen molar-refractivity contribution >= 4 is 0 Å². The first-order valence-corrected chi connectivity index (χ1v) is 6.27. The van der Waals surface area contributed by atoms with E-state index in [1.54, 1.807) is 25.7 Å². The monoisotopic (exact) mass is 180 g/mol. The van der Waals surface area contributed by atoms with Crippen LogP contribution in [0.5, 0.6) is 0 Å². The van der Waals surface area contributed by atoms with E-state index in [0.717, 1.165) is 23.7 Å². The number of hydrogen-bond acceptors (Lipinski definition) is 0. The molecule has 0 aromatic carbocycles. The summed E-state index contributed by atoms with van der Waals surface area (Å²) >= 11 is 0. The molecule has 0 heterocycles. The molecule has 2 aliphatic carbocycles. The van der Waals surface area contributed by atoms with Crippen molar-refractivity contribution in [3.63, 3.8) is 0 Å². The Morgan fingerprint density at radius 3 is 2.23 bits per heavy atom. The molecule has 0 aromatic rings. The molecule has 2 saturated carbocycles. The van der Waals surface area contributed by atoms with Gasteiger partial charge in [-0.05, 0) is 42.9 Å². The second kappa shape index (κ2) is 4.02. The molecule has 3 atom stereocenters. The lowest BCUT2D eigenvalue weighted by molar-refractivity contribution is 0.108. The molecule has 0 nitrogen and oxygen atoms in total. The maximum absolute atomic E-state index is 2.41. The van der Waals surface area contributed by atoms with Crippen LogP contribution in [0.4, 0.5) is 0 Å². The van der Waals surface area contributed by atoms with Crippen LogP contribution in [0.15, 0.2) is 0 Å². The smallest absolute Gasteiger partial charge is 0.0383 e. The minimum atomic E-state index is 0.933. The van der Waals surface area contributed by atoms with Gasteiger partial charge in [0.25, 0.3) is 0 Å². The van der Waals surface area contributed by atoms with Crippen LogP contribution in [-0.4, -0.2) is 0 Å². The highest BCUT2D eigenvalue weighted by Gasteiger charge is 2.32. The molecule has 1 unspecified atom stereocenters. The van der Waals surface area contributed by atoms with Crippen molar-refractivity contribution in [1.29, 1.82) is 0 Å². The van der Waals surface area contributed by atoms with Crippen LogP contribution in [0, 0.1) is 23.7 Å². The minimum absolute atomic E-state index is 0.933. The lowest BCUT2D eigenvalue weighted by Crippen LogP contribution is -2.29. The third-order valence-electron chi connectivity index (χ3n) is 4.52. The van der Waals surface area contributed by atoms with E-state index in [-0.39, 0.29) is 0 Å². The van der Waals surface area contributed by atoms with E-state index in [2.05, 4.69) is 13.8 Å². The predicted octanol–water partition coefficient (Wildman–Crippen LogP) is 4.25. The molecule has 76 valence electrons. The Bertz CT molecular complexity index is 159. The first-order chi connectivity index (χ1) is 6.27. The summed E-state index contributed by atoms with van der Waals surface area (Å²) in [6, 6.07) is 0. The van der Waals surface area contributed by atoms with E-state index < -0.39 is 0 Å². The Morgan fingerprint density at radius 2 is 1.54 bits per heavy atom. The SMILES string of the molecule is CC(C)C1CC[C@H]2CCCC[C@H]2C1. The fourth-order valence-corrected chi connectivity index (χ4v) is 3.52. The number of hydrogen-bond donors (Lipinski definition) is 0. The van der Waals surface area contributed by atoms with Crippen LogP contribution in [0.25, 0.3) is 0 Å². The zero-order valence-corrected chi connectivity index (χ0v) is 9.26. The minimum Gasteiger partial charge on any atom is -0.0625 e. The lowest BCUT2D eigenvalue weighted by atomic mass is 9.65. The molecule has 0 N–H and O–H groups in total. The summed E-state index contributed by atoms with van der Waals surface area (Å²) < 4.78 is 0. The van der Waals surface area contributed by atoms with Crippen molar-refractivity contribution in [2.75, 3.05) is 0 Å². The molecular weight excluding hydrogens is 156 g/mol. The van der Waals surface area contributed by atoms with Crippen molar-refractivity contribution in [3.8, 4) is 0 Å². The van der Waals surface area contributed by atoms with Crippen LogP contribution < -0.4 is 0 Å². The van der Waals surface area contributed by atoms with Crippen LogP contribution >= 0.6 is 0 Å². The molecule has 0 bridgehead atoms. The molecule has 0 heteroatoms. The van der Waals surface area contributed by atoms with E-state index in [1.165, 1.54) is 19.3 Å². The molecule has 0 aliphatic heterocycles. The Kier molecular flexibility index (Phi) is 2.96. The summed E-state index contributed by atoms with van der Waals surface area (Å²) in [4.78, 5) is 0. The van der Waals surface area contributed by atoms with E-state index >= 15 is 0 Å². The molecule has 0 aromatic heterocycles. The standard InChI is InChI=1S/C13H24/c1-10(2)12-8-7-11-5-3-4-6-13(11)9-12/h10-13H,3-9H2,1-2H3/t11-,12?,13+/m1/s1. The topological polar surface area (TPSA) is 0 Å². The summed E-state index contributed by atoms with van der Waals surface area (Å²) in [7, 11) is 0. The molecule has 2 aliphatic rings. The largest absolute Gasteiger partial charge is 0.0625 e. The van der Waals surface area contributed by atoms with Gasteiger partial charge in [0.15, 0.2) is 0 Å². The average Bonchev–Trinajstić information content (AvgIpc) is 2.17. The van der Waals surface area contributed by atoms with Crippen LogP contribution in [0.2, 0.25) is 0 Å². The normalized spacial score (nSPS) is 40.4. The highest BCUT2D eigenvalue weighted by atomic mass is 14.4. The fourth-order valence-electron chi connectivity index (χ4n) is 3.52. The summed E-state index contributed by atoms with van der Waals surface area (Å²) in [5.41, 5.74) is 0. The van der Waals surface area contributed by atoms with Gasteiger partial charge >= 0.3 is 0 Å². The van der Waals surface area contributed by atoms with E-state index in [0.29, 0.717) is 0 Å². The Balaban J connectivity index is 1.91.